The Morgan fingerprint density at radius 1 is 1.67 bits per heavy atom. The lowest BCUT2D eigenvalue weighted by Crippen LogP contribution is -2.25. The van der Waals surface area contributed by atoms with Crippen molar-refractivity contribution >= 4 is 15.8 Å². The van der Waals surface area contributed by atoms with Gasteiger partial charge in [-0.1, -0.05) is 0 Å². The zero-order chi connectivity index (χ0) is 10.9. The molecule has 15 heavy (non-hydrogen) atoms. The van der Waals surface area contributed by atoms with Gasteiger partial charge < -0.3 is 9.88 Å². The molecule has 2 heterocycles. The van der Waals surface area contributed by atoms with Crippen LogP contribution in [0, 0.1) is 0 Å². The molecule has 0 bridgehead atoms. The highest BCUT2D eigenvalue weighted by atomic mass is 32.2. The maximum Gasteiger partial charge on any atom is 0.202 e. The molecule has 0 aromatic carbocycles. The molecular formula is C9H15N3O2S. The van der Waals surface area contributed by atoms with E-state index >= 15 is 0 Å². The van der Waals surface area contributed by atoms with Crippen LogP contribution in [0.15, 0.2) is 12.4 Å². The molecule has 84 valence electrons. The van der Waals surface area contributed by atoms with Crippen LogP contribution in [0.4, 0.5) is 5.95 Å². The third kappa shape index (κ3) is 2.14. The molecule has 6 heteroatoms. The maximum atomic E-state index is 11.5. The summed E-state index contributed by atoms with van der Waals surface area (Å²) in [5.74, 6) is 1.05. The first-order valence-corrected chi connectivity index (χ1v) is 6.74. The maximum absolute atomic E-state index is 11.5. The topological polar surface area (TPSA) is 64.0 Å². The molecule has 1 fully saturated rings. The molecule has 2 rings (SSSR count). The molecular weight excluding hydrogens is 214 g/mol. The molecule has 1 saturated heterocycles. The molecule has 1 aliphatic rings. The summed E-state index contributed by atoms with van der Waals surface area (Å²) in [6.07, 6.45) is 5.06. The van der Waals surface area contributed by atoms with E-state index in [0.717, 1.165) is 18.8 Å². The van der Waals surface area contributed by atoms with E-state index in [1.807, 2.05) is 17.8 Å². The summed E-state index contributed by atoms with van der Waals surface area (Å²) in [5, 5.41) is 2.82. The molecule has 5 nitrogen and oxygen atoms in total. The second-order valence-corrected chi connectivity index (χ2v) is 6.27. The van der Waals surface area contributed by atoms with Crippen LogP contribution in [-0.4, -0.2) is 35.5 Å². The van der Waals surface area contributed by atoms with E-state index < -0.39 is 9.84 Å². The van der Waals surface area contributed by atoms with Gasteiger partial charge in [0.15, 0.2) is 9.84 Å². The van der Waals surface area contributed by atoms with Crippen molar-refractivity contribution in [2.75, 3.05) is 17.6 Å². The lowest BCUT2D eigenvalue weighted by Gasteiger charge is -2.11. The van der Waals surface area contributed by atoms with E-state index in [1.165, 1.54) is 0 Å². The molecule has 0 amide bonds. The Hall–Kier alpha value is -1.04. The van der Waals surface area contributed by atoms with Gasteiger partial charge in [0.05, 0.1) is 11.0 Å². The molecule has 1 aliphatic heterocycles. The number of sulfone groups is 1. The van der Waals surface area contributed by atoms with E-state index in [1.54, 1.807) is 6.20 Å². The smallest absolute Gasteiger partial charge is 0.202 e. The first-order chi connectivity index (χ1) is 7.09. The highest BCUT2D eigenvalue weighted by Gasteiger charge is 2.30. The van der Waals surface area contributed by atoms with Gasteiger partial charge in [-0.25, -0.2) is 13.4 Å². The van der Waals surface area contributed by atoms with Crippen molar-refractivity contribution in [3.05, 3.63) is 12.4 Å². The zero-order valence-corrected chi connectivity index (χ0v) is 9.50. The molecule has 1 N–H and O–H groups in total. The summed E-state index contributed by atoms with van der Waals surface area (Å²) in [6, 6.07) is 0. The summed E-state index contributed by atoms with van der Waals surface area (Å²) in [6.45, 7) is 0.465. The summed E-state index contributed by atoms with van der Waals surface area (Å²) < 4.78 is 24.9. The van der Waals surface area contributed by atoms with Gasteiger partial charge >= 0.3 is 0 Å². The number of anilines is 1. The Morgan fingerprint density at radius 2 is 2.47 bits per heavy atom. The van der Waals surface area contributed by atoms with E-state index in [4.69, 9.17) is 0 Å². The Balaban J connectivity index is 1.97. The number of imidazole rings is 1. The van der Waals surface area contributed by atoms with Gasteiger partial charge in [0.25, 0.3) is 0 Å². The molecule has 0 radical (unpaired) electrons. The van der Waals surface area contributed by atoms with Crippen LogP contribution in [0.3, 0.4) is 0 Å². The van der Waals surface area contributed by atoms with Crippen LogP contribution < -0.4 is 5.32 Å². The lowest BCUT2D eigenvalue weighted by molar-refractivity contribution is 0.591. The minimum Gasteiger partial charge on any atom is -0.354 e. The SMILES string of the molecule is Cn1ccnc1NCC1CCCS1(=O)=O. The predicted octanol–water partition coefficient (Wildman–Crippen LogP) is 0.409. The number of hydrogen-bond acceptors (Lipinski definition) is 4. The number of hydrogen-bond donors (Lipinski definition) is 1. The van der Waals surface area contributed by atoms with E-state index in [2.05, 4.69) is 10.3 Å². The van der Waals surface area contributed by atoms with Gasteiger partial charge in [-0.15, -0.1) is 0 Å². The normalized spacial score (nSPS) is 24.2. The van der Waals surface area contributed by atoms with Gasteiger partial charge in [0, 0.05) is 26.0 Å². The van der Waals surface area contributed by atoms with Gasteiger partial charge in [-0.2, -0.15) is 0 Å². The molecule has 0 saturated carbocycles. The molecule has 1 aromatic heterocycles. The van der Waals surface area contributed by atoms with E-state index in [-0.39, 0.29) is 5.25 Å². The Labute approximate surface area is 89.4 Å². The van der Waals surface area contributed by atoms with Gasteiger partial charge in [0.1, 0.15) is 0 Å². The lowest BCUT2D eigenvalue weighted by atomic mass is 10.2. The number of aryl methyl sites for hydroxylation is 1. The minimum atomic E-state index is -2.85. The van der Waals surface area contributed by atoms with Crippen LogP contribution in [0.2, 0.25) is 0 Å². The Kier molecular flexibility index (Phi) is 2.68. The second kappa shape index (κ2) is 3.84. The van der Waals surface area contributed by atoms with Crippen LogP contribution in [-0.2, 0) is 16.9 Å². The fourth-order valence-corrected chi connectivity index (χ4v) is 3.59. The Morgan fingerprint density at radius 3 is 3.00 bits per heavy atom. The largest absolute Gasteiger partial charge is 0.354 e. The fraction of sp³-hybridized carbons (Fsp3) is 0.667. The summed E-state index contributed by atoms with van der Waals surface area (Å²) in [4.78, 5) is 4.08. The third-order valence-electron chi connectivity index (χ3n) is 2.77. The molecule has 0 aliphatic carbocycles. The highest BCUT2D eigenvalue weighted by Crippen LogP contribution is 2.20. The monoisotopic (exact) mass is 229 g/mol. The first-order valence-electron chi connectivity index (χ1n) is 5.02. The molecule has 1 atom stereocenters. The third-order valence-corrected chi connectivity index (χ3v) is 5.05. The van der Waals surface area contributed by atoms with Gasteiger partial charge in [0.2, 0.25) is 5.95 Å². The van der Waals surface area contributed by atoms with Crippen molar-refractivity contribution in [3.63, 3.8) is 0 Å². The quantitative estimate of drug-likeness (QED) is 0.815. The summed E-state index contributed by atoms with van der Waals surface area (Å²) >= 11 is 0. The van der Waals surface area contributed by atoms with Crippen molar-refractivity contribution in [1.82, 2.24) is 9.55 Å². The zero-order valence-electron chi connectivity index (χ0n) is 8.68. The van der Waals surface area contributed by atoms with Crippen LogP contribution in [0.5, 0.6) is 0 Å². The van der Waals surface area contributed by atoms with Crippen molar-refractivity contribution < 1.29 is 8.42 Å². The number of nitrogens with one attached hydrogen (secondary N) is 1. The average Bonchev–Trinajstić information content (AvgIpc) is 2.69. The van der Waals surface area contributed by atoms with Crippen LogP contribution in [0.25, 0.3) is 0 Å². The van der Waals surface area contributed by atoms with Gasteiger partial charge in [-0.05, 0) is 12.8 Å². The van der Waals surface area contributed by atoms with Crippen molar-refractivity contribution in [2.24, 2.45) is 7.05 Å². The predicted molar refractivity (Wildman–Crippen MR) is 58.5 cm³/mol. The minimum absolute atomic E-state index is 0.241. The number of rotatable bonds is 3. The summed E-state index contributed by atoms with van der Waals surface area (Å²) in [5.41, 5.74) is 0. The fourth-order valence-electron chi connectivity index (χ4n) is 1.83. The van der Waals surface area contributed by atoms with Crippen molar-refractivity contribution in [3.8, 4) is 0 Å². The van der Waals surface area contributed by atoms with E-state index in [9.17, 15) is 8.42 Å². The molecule has 1 aromatic rings. The number of nitrogens with zero attached hydrogens (tertiary/aromatic N) is 2. The van der Waals surface area contributed by atoms with Crippen molar-refractivity contribution in [1.29, 1.82) is 0 Å². The standard InChI is InChI=1S/C9H15N3O2S/c1-12-5-4-10-9(12)11-7-8-3-2-6-15(8,13)14/h4-5,8H,2-3,6-7H2,1H3,(H,10,11). The number of aromatic nitrogens is 2. The Bertz CT molecular complexity index is 438. The van der Waals surface area contributed by atoms with Gasteiger partial charge in [-0.3, -0.25) is 0 Å². The van der Waals surface area contributed by atoms with E-state index in [0.29, 0.717) is 12.3 Å². The average molecular weight is 229 g/mol. The summed E-state index contributed by atoms with van der Waals surface area (Å²) in [7, 11) is -0.979. The molecule has 1 unspecified atom stereocenters. The second-order valence-electron chi connectivity index (χ2n) is 3.87. The van der Waals surface area contributed by atoms with Crippen LogP contribution >= 0.6 is 0 Å². The van der Waals surface area contributed by atoms with Crippen molar-refractivity contribution in [2.45, 2.75) is 18.1 Å². The highest BCUT2D eigenvalue weighted by molar-refractivity contribution is 7.92. The van der Waals surface area contributed by atoms with Crippen LogP contribution in [0.1, 0.15) is 12.8 Å². The molecule has 0 spiro atoms. The first kappa shape index (κ1) is 10.5.